The van der Waals surface area contributed by atoms with E-state index in [0.717, 1.165) is 0 Å². The second-order valence-corrected chi connectivity index (χ2v) is 1.69. The molecule has 0 saturated heterocycles. The third-order valence-corrected chi connectivity index (χ3v) is 0.933. The molecule has 0 unspecified atom stereocenters. The third-order valence-electron chi connectivity index (χ3n) is 0.933. The van der Waals surface area contributed by atoms with Crippen molar-refractivity contribution < 1.29 is 9.90 Å². The monoisotopic (exact) mass is 134 g/mol. The van der Waals surface area contributed by atoms with E-state index in [1.807, 2.05) is 0 Å². The number of aryl methyl sites for hydroxylation is 1. The van der Waals surface area contributed by atoms with Gasteiger partial charge in [0.2, 0.25) is 0 Å². The van der Waals surface area contributed by atoms with Crippen LogP contribution in [-0.2, 0) is 0 Å². The molecule has 1 aromatic heterocycles. The maximum absolute atomic E-state index is 10.1. The molecular formula is C5H7LiN2O2. The van der Waals surface area contributed by atoms with Gasteiger partial charge in [-0.05, 0) is 6.92 Å². The van der Waals surface area contributed by atoms with E-state index in [-0.39, 0.29) is 24.6 Å². The molecule has 0 aliphatic carbocycles. The zero-order valence-electron chi connectivity index (χ0n) is 4.88. The molecule has 0 radical (unpaired) electrons. The first-order valence-electron chi connectivity index (χ1n) is 2.45. The van der Waals surface area contributed by atoms with Gasteiger partial charge in [0, 0.05) is 0 Å². The number of nitrogens with one attached hydrogen (secondary N) is 1. The van der Waals surface area contributed by atoms with Gasteiger partial charge in [0.1, 0.15) is 11.5 Å². The van der Waals surface area contributed by atoms with Crippen LogP contribution in [0.15, 0.2) is 6.20 Å². The fourth-order valence-corrected chi connectivity index (χ4v) is 0.530. The molecule has 0 aliphatic heterocycles. The Hall–Kier alpha value is -0.723. The maximum atomic E-state index is 10.1. The van der Waals surface area contributed by atoms with Crippen molar-refractivity contribution in [2.24, 2.45) is 0 Å². The summed E-state index contributed by atoms with van der Waals surface area (Å²) in [6.45, 7) is 1.70. The number of aromatic amines is 1. The van der Waals surface area contributed by atoms with Gasteiger partial charge >= 0.3 is 24.8 Å². The van der Waals surface area contributed by atoms with Crippen molar-refractivity contribution in [2.45, 2.75) is 6.92 Å². The topological polar surface area (TPSA) is 66.0 Å². The molecule has 0 bridgehead atoms. The normalized spacial score (nSPS) is 8.50. The van der Waals surface area contributed by atoms with E-state index in [9.17, 15) is 4.79 Å². The van der Waals surface area contributed by atoms with E-state index in [1.165, 1.54) is 6.20 Å². The first kappa shape index (κ1) is 9.28. The van der Waals surface area contributed by atoms with Crippen LogP contribution >= 0.6 is 0 Å². The number of nitrogens with zero attached hydrogens (tertiary/aromatic N) is 1. The second-order valence-electron chi connectivity index (χ2n) is 1.69. The molecule has 4 nitrogen and oxygen atoms in total. The summed E-state index contributed by atoms with van der Waals surface area (Å²) in [4.78, 5) is 16.4. The van der Waals surface area contributed by atoms with Crippen LogP contribution in [0.3, 0.4) is 0 Å². The molecule has 0 spiro atoms. The quantitative estimate of drug-likeness (QED) is 0.521. The van der Waals surface area contributed by atoms with E-state index in [1.54, 1.807) is 6.92 Å². The summed E-state index contributed by atoms with van der Waals surface area (Å²) in [5, 5.41) is 8.33. The molecule has 1 aromatic rings. The van der Waals surface area contributed by atoms with E-state index in [0.29, 0.717) is 5.82 Å². The SMILES string of the molecule is Cc1ncc(C(=O)O)[nH]1.[LiH]. The number of carboxylic acid groups (broad SMARTS) is 1. The number of rotatable bonds is 1. The van der Waals surface area contributed by atoms with E-state index < -0.39 is 5.97 Å². The Balaban J connectivity index is 0.000000810. The summed E-state index contributed by atoms with van der Waals surface area (Å²) in [7, 11) is 0. The minimum absolute atomic E-state index is 0. The molecule has 2 N–H and O–H groups in total. The molecule has 0 aromatic carbocycles. The number of H-pyrrole nitrogens is 1. The van der Waals surface area contributed by atoms with Gasteiger partial charge in [-0.3, -0.25) is 0 Å². The van der Waals surface area contributed by atoms with Crippen molar-refractivity contribution in [3.05, 3.63) is 17.7 Å². The summed E-state index contributed by atoms with van der Waals surface area (Å²) in [5.41, 5.74) is 0.132. The first-order chi connectivity index (χ1) is 4.20. The second kappa shape index (κ2) is 3.45. The minimum atomic E-state index is -0.976. The fraction of sp³-hybridized carbons (Fsp3) is 0.200. The van der Waals surface area contributed by atoms with Crippen molar-refractivity contribution in [1.29, 1.82) is 0 Å². The first-order valence-corrected chi connectivity index (χ1v) is 2.45. The molecule has 0 amide bonds. The van der Waals surface area contributed by atoms with Gasteiger partial charge in [-0.2, -0.15) is 0 Å². The fourth-order valence-electron chi connectivity index (χ4n) is 0.530. The average molecular weight is 134 g/mol. The van der Waals surface area contributed by atoms with Crippen LogP contribution in [0.4, 0.5) is 0 Å². The zero-order valence-corrected chi connectivity index (χ0v) is 4.88. The van der Waals surface area contributed by atoms with Crippen LogP contribution < -0.4 is 0 Å². The number of aromatic carboxylic acids is 1. The van der Waals surface area contributed by atoms with Gasteiger partial charge in [-0.25, -0.2) is 9.78 Å². The van der Waals surface area contributed by atoms with Gasteiger partial charge in [0.05, 0.1) is 6.20 Å². The Kier molecular flexibility index (Phi) is 3.20. The average Bonchev–Trinajstić information content (AvgIpc) is 2.14. The van der Waals surface area contributed by atoms with Crippen LogP contribution in [0, 0.1) is 6.92 Å². The standard InChI is InChI=1S/C5H6N2O2.Li.H/c1-3-6-2-4(7-3)5(8)9;;/h2H,1H3,(H,6,7)(H,8,9);;. The Morgan fingerprint density at radius 1 is 1.80 bits per heavy atom. The van der Waals surface area contributed by atoms with Gasteiger partial charge in [0.25, 0.3) is 0 Å². The Morgan fingerprint density at radius 3 is 2.60 bits per heavy atom. The molecule has 10 heavy (non-hydrogen) atoms. The van der Waals surface area contributed by atoms with Gasteiger partial charge in [-0.15, -0.1) is 0 Å². The molecule has 5 heteroatoms. The molecule has 0 atom stereocenters. The van der Waals surface area contributed by atoms with Crippen LogP contribution in [0.25, 0.3) is 0 Å². The van der Waals surface area contributed by atoms with E-state index in [4.69, 9.17) is 5.11 Å². The van der Waals surface area contributed by atoms with Gasteiger partial charge < -0.3 is 10.1 Å². The third kappa shape index (κ3) is 1.90. The molecule has 1 rings (SSSR count). The Morgan fingerprint density at radius 2 is 2.40 bits per heavy atom. The van der Waals surface area contributed by atoms with Crippen molar-refractivity contribution in [1.82, 2.24) is 9.97 Å². The summed E-state index contributed by atoms with van der Waals surface area (Å²) in [5.74, 6) is -0.358. The number of aromatic nitrogens is 2. The van der Waals surface area contributed by atoms with Crippen molar-refractivity contribution in [2.75, 3.05) is 0 Å². The number of hydrogen-bond donors (Lipinski definition) is 2. The predicted octanol–water partition coefficient (Wildman–Crippen LogP) is -0.232. The predicted molar refractivity (Wildman–Crippen MR) is 37.4 cm³/mol. The van der Waals surface area contributed by atoms with Crippen molar-refractivity contribution in [3.8, 4) is 0 Å². The number of carboxylic acids is 1. The summed E-state index contributed by atoms with van der Waals surface area (Å²) in [6.07, 6.45) is 1.29. The molecule has 0 fully saturated rings. The van der Waals surface area contributed by atoms with Crippen molar-refractivity contribution in [3.63, 3.8) is 0 Å². The van der Waals surface area contributed by atoms with Crippen LogP contribution in [-0.4, -0.2) is 39.9 Å². The van der Waals surface area contributed by atoms with Crippen LogP contribution in [0.2, 0.25) is 0 Å². The van der Waals surface area contributed by atoms with E-state index in [2.05, 4.69) is 9.97 Å². The molecule has 0 saturated carbocycles. The Labute approximate surface area is 69.8 Å². The van der Waals surface area contributed by atoms with Crippen LogP contribution in [0.5, 0.6) is 0 Å². The number of carbonyl (C=O) groups is 1. The summed E-state index contributed by atoms with van der Waals surface area (Å²) < 4.78 is 0. The summed E-state index contributed by atoms with van der Waals surface area (Å²) in [6, 6.07) is 0. The summed E-state index contributed by atoms with van der Waals surface area (Å²) >= 11 is 0. The molecular weight excluding hydrogens is 127 g/mol. The Bertz CT molecular complexity index is 233. The number of hydrogen-bond acceptors (Lipinski definition) is 2. The zero-order chi connectivity index (χ0) is 6.85. The molecule has 50 valence electrons. The molecule has 1 heterocycles. The van der Waals surface area contributed by atoms with Gasteiger partial charge in [0.15, 0.2) is 0 Å². The van der Waals surface area contributed by atoms with Gasteiger partial charge in [-0.1, -0.05) is 0 Å². The number of imidazole rings is 1. The molecule has 0 aliphatic rings. The van der Waals surface area contributed by atoms with E-state index >= 15 is 0 Å². The van der Waals surface area contributed by atoms with Crippen molar-refractivity contribution >= 4 is 24.8 Å². The van der Waals surface area contributed by atoms with Crippen LogP contribution in [0.1, 0.15) is 16.3 Å².